The van der Waals surface area contributed by atoms with Gasteiger partial charge < -0.3 is 9.80 Å². The summed E-state index contributed by atoms with van der Waals surface area (Å²) in [5, 5.41) is 0.663. The quantitative estimate of drug-likeness (QED) is 0.808. The first-order chi connectivity index (χ1) is 12.1. The van der Waals surface area contributed by atoms with Gasteiger partial charge in [0.2, 0.25) is 5.91 Å². The van der Waals surface area contributed by atoms with E-state index in [4.69, 9.17) is 11.6 Å². The van der Waals surface area contributed by atoms with E-state index < -0.39 is 0 Å². The minimum Gasteiger partial charge on any atom is -0.335 e. The highest BCUT2D eigenvalue weighted by Gasteiger charge is 2.23. The molecule has 0 saturated carbocycles. The summed E-state index contributed by atoms with van der Waals surface area (Å²) in [5.41, 5.74) is 2.39. The van der Waals surface area contributed by atoms with E-state index in [0.717, 1.165) is 24.2 Å². The molecule has 1 fully saturated rings. The first-order valence-corrected chi connectivity index (χ1v) is 8.90. The van der Waals surface area contributed by atoms with Crippen molar-refractivity contribution in [1.82, 2.24) is 4.90 Å². The molecule has 3 rings (SSSR count). The van der Waals surface area contributed by atoms with Crippen molar-refractivity contribution in [2.75, 3.05) is 18.0 Å². The zero-order chi connectivity index (χ0) is 17.8. The third-order valence-corrected chi connectivity index (χ3v) is 4.64. The van der Waals surface area contributed by atoms with Crippen LogP contribution in [0.2, 0.25) is 5.02 Å². The maximum absolute atomic E-state index is 12.9. The van der Waals surface area contributed by atoms with Gasteiger partial charge in [-0.3, -0.25) is 9.59 Å². The van der Waals surface area contributed by atoms with E-state index in [0.29, 0.717) is 30.1 Å². The van der Waals surface area contributed by atoms with Crippen LogP contribution < -0.4 is 4.90 Å². The molecule has 1 saturated heterocycles. The van der Waals surface area contributed by atoms with Gasteiger partial charge in [-0.2, -0.15) is 0 Å². The summed E-state index contributed by atoms with van der Waals surface area (Å²) in [6.45, 7) is 3.77. The fourth-order valence-electron chi connectivity index (χ4n) is 3.09. The predicted octanol–water partition coefficient (Wildman–Crippen LogP) is 4.13. The molecule has 4 nitrogen and oxygen atoms in total. The number of benzene rings is 2. The minimum atomic E-state index is -0.0454. The van der Waals surface area contributed by atoms with Crippen LogP contribution in [0.25, 0.3) is 0 Å². The molecule has 2 amide bonds. The summed E-state index contributed by atoms with van der Waals surface area (Å²) in [4.78, 5) is 28.4. The third-order valence-electron chi connectivity index (χ3n) is 4.41. The minimum absolute atomic E-state index is 0.0454. The molecule has 0 unspecified atom stereocenters. The van der Waals surface area contributed by atoms with Crippen molar-refractivity contribution in [1.29, 1.82) is 0 Å². The number of carbonyl (C=O) groups excluding carboxylic acids is 2. The fraction of sp³-hybridized carbons (Fsp3) is 0.300. The summed E-state index contributed by atoms with van der Waals surface area (Å²) >= 11 is 6.03. The highest BCUT2D eigenvalue weighted by molar-refractivity contribution is 6.30. The molecule has 1 heterocycles. The summed E-state index contributed by atoms with van der Waals surface area (Å²) in [6, 6.07) is 14.9. The molecule has 0 aromatic heterocycles. The van der Waals surface area contributed by atoms with Gasteiger partial charge in [0.25, 0.3) is 5.91 Å². The number of hydrogen-bond acceptors (Lipinski definition) is 2. The molecule has 1 aliphatic rings. The number of amides is 2. The zero-order valence-corrected chi connectivity index (χ0v) is 15.0. The number of anilines is 1. The van der Waals surface area contributed by atoms with Gasteiger partial charge in [-0.15, -0.1) is 0 Å². The van der Waals surface area contributed by atoms with Crippen molar-refractivity contribution in [3.05, 3.63) is 64.7 Å². The van der Waals surface area contributed by atoms with Crippen LogP contribution in [0.4, 0.5) is 5.69 Å². The Morgan fingerprint density at radius 3 is 2.68 bits per heavy atom. The molecule has 2 aromatic carbocycles. The van der Waals surface area contributed by atoms with Crippen molar-refractivity contribution in [3.63, 3.8) is 0 Å². The van der Waals surface area contributed by atoms with Crippen LogP contribution in [0.5, 0.6) is 0 Å². The van der Waals surface area contributed by atoms with Gasteiger partial charge in [-0.25, -0.2) is 0 Å². The van der Waals surface area contributed by atoms with Crippen LogP contribution in [0.1, 0.15) is 35.7 Å². The molecule has 130 valence electrons. The molecule has 0 atom stereocenters. The number of hydrogen-bond donors (Lipinski definition) is 0. The average Bonchev–Trinajstić information content (AvgIpc) is 3.05. The maximum atomic E-state index is 12.9. The Morgan fingerprint density at radius 2 is 2.00 bits per heavy atom. The fourth-order valence-corrected chi connectivity index (χ4v) is 3.31. The van der Waals surface area contributed by atoms with Gasteiger partial charge in [0.15, 0.2) is 0 Å². The van der Waals surface area contributed by atoms with Crippen LogP contribution in [0.15, 0.2) is 48.5 Å². The summed E-state index contributed by atoms with van der Waals surface area (Å²) in [6.07, 6.45) is 1.45. The van der Waals surface area contributed by atoms with E-state index in [9.17, 15) is 9.59 Å². The Bertz CT molecular complexity index is 791. The monoisotopic (exact) mass is 356 g/mol. The van der Waals surface area contributed by atoms with Crippen molar-refractivity contribution >= 4 is 29.1 Å². The Hall–Kier alpha value is -2.33. The SMILES string of the molecule is CCN(Cc1cccc(Cl)c1)C(=O)c1cccc(N2CCCC2=O)c1. The molecule has 5 heteroatoms. The number of halogens is 1. The van der Waals surface area contributed by atoms with Gasteiger partial charge >= 0.3 is 0 Å². The second kappa shape index (κ2) is 7.70. The lowest BCUT2D eigenvalue weighted by atomic mass is 10.1. The van der Waals surface area contributed by atoms with E-state index in [1.807, 2.05) is 49.4 Å². The molecule has 0 radical (unpaired) electrons. The van der Waals surface area contributed by atoms with E-state index in [1.165, 1.54) is 0 Å². The van der Waals surface area contributed by atoms with Gasteiger partial charge in [-0.05, 0) is 49.2 Å². The molecule has 0 bridgehead atoms. The second-order valence-electron chi connectivity index (χ2n) is 6.15. The van der Waals surface area contributed by atoms with Gasteiger partial charge in [0.1, 0.15) is 0 Å². The van der Waals surface area contributed by atoms with Crippen LogP contribution in [-0.4, -0.2) is 29.8 Å². The Labute approximate surface area is 153 Å². The highest BCUT2D eigenvalue weighted by Crippen LogP contribution is 2.23. The largest absolute Gasteiger partial charge is 0.335 e. The lowest BCUT2D eigenvalue weighted by Gasteiger charge is -2.22. The van der Waals surface area contributed by atoms with Crippen molar-refractivity contribution in [3.8, 4) is 0 Å². The summed E-state index contributed by atoms with van der Waals surface area (Å²) < 4.78 is 0. The van der Waals surface area contributed by atoms with Gasteiger partial charge in [-0.1, -0.05) is 29.8 Å². The molecule has 2 aromatic rings. The summed E-state index contributed by atoms with van der Waals surface area (Å²) in [7, 11) is 0. The van der Waals surface area contributed by atoms with E-state index in [1.54, 1.807) is 15.9 Å². The first-order valence-electron chi connectivity index (χ1n) is 8.52. The summed E-state index contributed by atoms with van der Waals surface area (Å²) in [5.74, 6) is 0.0758. The molecule has 0 spiro atoms. The first kappa shape index (κ1) is 17.5. The molecule has 0 aliphatic carbocycles. The van der Waals surface area contributed by atoms with Crippen LogP contribution in [0.3, 0.4) is 0 Å². The zero-order valence-electron chi connectivity index (χ0n) is 14.2. The van der Waals surface area contributed by atoms with Crippen LogP contribution in [-0.2, 0) is 11.3 Å². The standard InChI is InChI=1S/C20H21ClN2O2/c1-2-22(14-15-6-3-8-17(21)12-15)20(25)16-7-4-9-18(13-16)23-11-5-10-19(23)24/h3-4,6-9,12-13H,2,5,10-11,14H2,1H3. The maximum Gasteiger partial charge on any atom is 0.254 e. The normalized spacial score (nSPS) is 14.0. The highest BCUT2D eigenvalue weighted by atomic mass is 35.5. The lowest BCUT2D eigenvalue weighted by molar-refractivity contribution is -0.117. The van der Waals surface area contributed by atoms with Gasteiger partial charge in [0, 0.05) is 42.3 Å². The predicted molar refractivity (Wildman–Crippen MR) is 99.9 cm³/mol. The van der Waals surface area contributed by atoms with Crippen LogP contribution >= 0.6 is 11.6 Å². The Kier molecular flexibility index (Phi) is 5.39. The molecular weight excluding hydrogens is 336 g/mol. The molecule has 0 N–H and O–H groups in total. The lowest BCUT2D eigenvalue weighted by Crippen LogP contribution is -2.30. The smallest absolute Gasteiger partial charge is 0.254 e. The van der Waals surface area contributed by atoms with Crippen LogP contribution in [0, 0.1) is 0 Å². The van der Waals surface area contributed by atoms with Crippen molar-refractivity contribution in [2.45, 2.75) is 26.3 Å². The number of rotatable bonds is 5. The number of nitrogens with zero attached hydrogens (tertiary/aromatic N) is 2. The van der Waals surface area contributed by atoms with E-state index in [-0.39, 0.29) is 11.8 Å². The molecular formula is C20H21ClN2O2. The topological polar surface area (TPSA) is 40.6 Å². The third kappa shape index (κ3) is 4.02. The number of carbonyl (C=O) groups is 2. The molecule has 1 aliphatic heterocycles. The van der Waals surface area contributed by atoms with E-state index >= 15 is 0 Å². The van der Waals surface area contributed by atoms with Gasteiger partial charge in [0.05, 0.1) is 0 Å². The van der Waals surface area contributed by atoms with Crippen molar-refractivity contribution < 1.29 is 9.59 Å². The Balaban J connectivity index is 1.79. The van der Waals surface area contributed by atoms with E-state index in [2.05, 4.69) is 0 Å². The average molecular weight is 357 g/mol. The Morgan fingerprint density at radius 1 is 1.20 bits per heavy atom. The second-order valence-corrected chi connectivity index (χ2v) is 6.58. The van der Waals surface area contributed by atoms with Crippen molar-refractivity contribution in [2.24, 2.45) is 0 Å². The molecule has 25 heavy (non-hydrogen) atoms.